The highest BCUT2D eigenvalue weighted by Crippen LogP contribution is 2.32. The molecule has 0 amide bonds. The molecule has 3 rings (SSSR count). The zero-order valence-electron chi connectivity index (χ0n) is 9.93. The fourth-order valence-electron chi connectivity index (χ4n) is 2.70. The molecule has 0 N–H and O–H groups in total. The maximum atomic E-state index is 11.9. The summed E-state index contributed by atoms with van der Waals surface area (Å²) in [5.41, 5.74) is 1.29. The molecular formula is C13H16N2O2. The van der Waals surface area contributed by atoms with Gasteiger partial charge in [0.25, 0.3) is 0 Å². The van der Waals surface area contributed by atoms with E-state index < -0.39 is 0 Å². The van der Waals surface area contributed by atoms with Gasteiger partial charge in [-0.1, -0.05) is 6.92 Å². The first-order valence-corrected chi connectivity index (χ1v) is 6.22. The van der Waals surface area contributed by atoms with Crippen molar-refractivity contribution in [2.24, 2.45) is 5.92 Å². The van der Waals surface area contributed by atoms with Gasteiger partial charge in [-0.05, 0) is 43.7 Å². The summed E-state index contributed by atoms with van der Waals surface area (Å²) >= 11 is 0. The van der Waals surface area contributed by atoms with Crippen molar-refractivity contribution in [3.05, 3.63) is 28.9 Å². The SMILES string of the molecule is CC1CCC(n2c(=O)oc3cccnc32)CC1. The normalized spacial score (nSPS) is 25.2. The van der Waals surface area contributed by atoms with Crippen molar-refractivity contribution in [1.29, 1.82) is 0 Å². The average Bonchev–Trinajstić information content (AvgIpc) is 2.66. The second kappa shape index (κ2) is 4.02. The largest absolute Gasteiger partial charge is 0.421 e. The summed E-state index contributed by atoms with van der Waals surface area (Å²) in [5, 5.41) is 0. The van der Waals surface area contributed by atoms with E-state index >= 15 is 0 Å². The molecule has 0 saturated heterocycles. The Morgan fingerprint density at radius 1 is 1.35 bits per heavy atom. The van der Waals surface area contributed by atoms with Gasteiger partial charge in [0, 0.05) is 12.2 Å². The molecule has 0 spiro atoms. The molecule has 1 fully saturated rings. The van der Waals surface area contributed by atoms with Gasteiger partial charge < -0.3 is 4.42 Å². The van der Waals surface area contributed by atoms with Gasteiger partial charge in [0.15, 0.2) is 11.2 Å². The van der Waals surface area contributed by atoms with E-state index in [1.54, 1.807) is 22.9 Å². The highest BCUT2D eigenvalue weighted by atomic mass is 16.4. The number of hydrogen-bond acceptors (Lipinski definition) is 3. The molecular weight excluding hydrogens is 216 g/mol. The Morgan fingerprint density at radius 2 is 2.12 bits per heavy atom. The molecule has 2 aromatic rings. The molecule has 0 atom stereocenters. The monoisotopic (exact) mass is 232 g/mol. The van der Waals surface area contributed by atoms with E-state index in [4.69, 9.17) is 4.42 Å². The lowest BCUT2D eigenvalue weighted by molar-refractivity contribution is 0.280. The van der Waals surface area contributed by atoms with Crippen molar-refractivity contribution in [2.45, 2.75) is 38.6 Å². The Morgan fingerprint density at radius 3 is 2.88 bits per heavy atom. The van der Waals surface area contributed by atoms with Crippen molar-refractivity contribution >= 4 is 11.2 Å². The smallest absolute Gasteiger partial charge is 0.406 e. The van der Waals surface area contributed by atoms with Gasteiger partial charge in [-0.15, -0.1) is 0 Å². The van der Waals surface area contributed by atoms with Gasteiger partial charge in [-0.3, -0.25) is 4.57 Å². The second-order valence-electron chi connectivity index (χ2n) is 4.98. The van der Waals surface area contributed by atoms with Crippen LogP contribution in [-0.4, -0.2) is 9.55 Å². The topological polar surface area (TPSA) is 48.0 Å². The van der Waals surface area contributed by atoms with Crippen LogP contribution in [0.3, 0.4) is 0 Å². The molecule has 0 unspecified atom stereocenters. The van der Waals surface area contributed by atoms with E-state index in [0.29, 0.717) is 11.2 Å². The van der Waals surface area contributed by atoms with Gasteiger partial charge in [-0.2, -0.15) is 0 Å². The lowest BCUT2D eigenvalue weighted by Gasteiger charge is -2.26. The van der Waals surface area contributed by atoms with Gasteiger partial charge in [0.05, 0.1) is 0 Å². The molecule has 4 heteroatoms. The maximum absolute atomic E-state index is 11.9. The standard InChI is InChI=1S/C13H16N2O2/c1-9-4-6-10(7-5-9)15-12-11(17-13(15)16)3-2-8-14-12/h2-3,8-10H,4-7H2,1H3. The molecule has 0 aromatic carbocycles. The van der Waals surface area contributed by atoms with E-state index in [2.05, 4.69) is 11.9 Å². The summed E-state index contributed by atoms with van der Waals surface area (Å²) in [6.07, 6.45) is 6.16. The number of hydrogen-bond donors (Lipinski definition) is 0. The van der Waals surface area contributed by atoms with Gasteiger partial charge in [0.2, 0.25) is 0 Å². The first kappa shape index (κ1) is 10.6. The molecule has 0 bridgehead atoms. The van der Waals surface area contributed by atoms with Crippen LogP contribution in [0.4, 0.5) is 0 Å². The Balaban J connectivity index is 2.05. The highest BCUT2D eigenvalue weighted by molar-refractivity contribution is 5.67. The van der Waals surface area contributed by atoms with Crippen molar-refractivity contribution in [2.75, 3.05) is 0 Å². The summed E-state index contributed by atoms with van der Waals surface area (Å²) in [6.45, 7) is 2.27. The van der Waals surface area contributed by atoms with E-state index in [-0.39, 0.29) is 11.8 Å². The zero-order chi connectivity index (χ0) is 11.8. The van der Waals surface area contributed by atoms with Crippen molar-refractivity contribution < 1.29 is 4.42 Å². The molecule has 2 aromatic heterocycles. The molecule has 4 nitrogen and oxygen atoms in total. The van der Waals surface area contributed by atoms with Crippen LogP contribution in [0.2, 0.25) is 0 Å². The average molecular weight is 232 g/mol. The summed E-state index contributed by atoms with van der Waals surface area (Å²) in [7, 11) is 0. The fraction of sp³-hybridized carbons (Fsp3) is 0.538. The minimum atomic E-state index is -0.266. The molecule has 0 aliphatic heterocycles. The Hall–Kier alpha value is -1.58. The number of nitrogens with zero attached hydrogens (tertiary/aromatic N) is 2. The van der Waals surface area contributed by atoms with Crippen LogP contribution in [0.1, 0.15) is 38.6 Å². The third kappa shape index (κ3) is 1.77. The molecule has 2 heterocycles. The first-order chi connectivity index (χ1) is 8.25. The van der Waals surface area contributed by atoms with E-state index in [1.807, 2.05) is 0 Å². The van der Waals surface area contributed by atoms with Crippen LogP contribution in [0, 0.1) is 5.92 Å². The number of rotatable bonds is 1. The fourth-order valence-corrected chi connectivity index (χ4v) is 2.70. The summed E-state index contributed by atoms with van der Waals surface area (Å²) < 4.78 is 6.96. The van der Waals surface area contributed by atoms with Crippen LogP contribution >= 0.6 is 0 Å². The van der Waals surface area contributed by atoms with E-state index in [0.717, 1.165) is 18.8 Å². The zero-order valence-corrected chi connectivity index (χ0v) is 9.93. The maximum Gasteiger partial charge on any atom is 0.421 e. The van der Waals surface area contributed by atoms with Gasteiger partial charge >= 0.3 is 5.76 Å². The number of fused-ring (bicyclic) bond motifs is 1. The highest BCUT2D eigenvalue weighted by Gasteiger charge is 2.24. The van der Waals surface area contributed by atoms with Crippen molar-refractivity contribution in [3.8, 4) is 0 Å². The van der Waals surface area contributed by atoms with E-state index in [9.17, 15) is 4.79 Å². The predicted octanol–water partition coefficient (Wildman–Crippen LogP) is 2.74. The predicted molar refractivity (Wildman–Crippen MR) is 64.9 cm³/mol. The first-order valence-electron chi connectivity index (χ1n) is 6.22. The van der Waals surface area contributed by atoms with Crippen molar-refractivity contribution in [1.82, 2.24) is 9.55 Å². The van der Waals surface area contributed by atoms with Crippen LogP contribution in [0.25, 0.3) is 11.2 Å². The Bertz CT molecular complexity index is 576. The summed E-state index contributed by atoms with van der Waals surface area (Å²) in [4.78, 5) is 16.1. The molecule has 1 aliphatic rings. The minimum absolute atomic E-state index is 0.259. The van der Waals surface area contributed by atoms with Crippen LogP contribution in [0.15, 0.2) is 27.5 Å². The molecule has 17 heavy (non-hydrogen) atoms. The summed E-state index contributed by atoms with van der Waals surface area (Å²) in [6, 6.07) is 3.85. The molecule has 90 valence electrons. The minimum Gasteiger partial charge on any atom is -0.406 e. The van der Waals surface area contributed by atoms with Gasteiger partial charge in [-0.25, -0.2) is 9.78 Å². The molecule has 1 aliphatic carbocycles. The number of aromatic nitrogens is 2. The van der Waals surface area contributed by atoms with Crippen LogP contribution in [-0.2, 0) is 0 Å². The lowest BCUT2D eigenvalue weighted by Crippen LogP contribution is -2.24. The second-order valence-corrected chi connectivity index (χ2v) is 4.98. The lowest BCUT2D eigenvalue weighted by atomic mass is 9.87. The van der Waals surface area contributed by atoms with E-state index in [1.165, 1.54) is 12.8 Å². The quantitative estimate of drug-likeness (QED) is 0.759. The number of oxazole rings is 1. The Labute approximate surface area is 99.3 Å². The van der Waals surface area contributed by atoms with Gasteiger partial charge in [0.1, 0.15) is 0 Å². The molecule has 0 radical (unpaired) electrons. The van der Waals surface area contributed by atoms with Crippen LogP contribution in [0.5, 0.6) is 0 Å². The third-order valence-corrected chi connectivity index (χ3v) is 3.72. The third-order valence-electron chi connectivity index (χ3n) is 3.72. The van der Waals surface area contributed by atoms with Crippen molar-refractivity contribution in [3.63, 3.8) is 0 Å². The number of pyridine rings is 1. The molecule has 1 saturated carbocycles. The Kier molecular flexibility index (Phi) is 2.50. The van der Waals surface area contributed by atoms with Crippen LogP contribution < -0.4 is 5.76 Å². The summed E-state index contributed by atoms with van der Waals surface area (Å²) in [5.74, 6) is 0.506.